The molecule has 2 aromatic rings. The van der Waals surface area contributed by atoms with Crippen molar-refractivity contribution >= 4 is 23.2 Å². The second kappa shape index (κ2) is 7.99. The van der Waals surface area contributed by atoms with E-state index in [1.165, 1.54) is 0 Å². The highest BCUT2D eigenvalue weighted by Gasteiger charge is 2.31. The minimum atomic E-state index is -4.52. The molecule has 2 rings (SSSR count). The van der Waals surface area contributed by atoms with E-state index in [1.54, 1.807) is 13.0 Å². The largest absolute Gasteiger partial charge is 0.481 e. The molecule has 140 valence electrons. The summed E-state index contributed by atoms with van der Waals surface area (Å²) in [7, 11) is 0. The van der Waals surface area contributed by atoms with Crippen molar-refractivity contribution in [2.24, 2.45) is 0 Å². The van der Waals surface area contributed by atoms with Gasteiger partial charge >= 0.3 is 6.18 Å². The van der Waals surface area contributed by atoms with Crippen LogP contribution in [0.4, 0.5) is 18.9 Å². The molecule has 0 saturated heterocycles. The number of rotatable bonds is 5. The molecule has 2 aromatic carbocycles. The Morgan fingerprint density at radius 1 is 1.15 bits per heavy atom. The Hall–Kier alpha value is -2.21. The second-order valence-corrected chi connectivity index (χ2v) is 6.35. The molecule has 0 aliphatic carbocycles. The van der Waals surface area contributed by atoms with Crippen molar-refractivity contribution in [3.05, 3.63) is 58.1 Å². The molecule has 3 nitrogen and oxygen atoms in total. The van der Waals surface area contributed by atoms with Gasteiger partial charge in [-0.3, -0.25) is 4.79 Å². The van der Waals surface area contributed by atoms with Crippen LogP contribution in [-0.4, -0.2) is 12.0 Å². The maximum Gasteiger partial charge on any atom is 0.416 e. The second-order valence-electron chi connectivity index (χ2n) is 5.94. The standard InChI is InChI=1S/C19H19ClF3NO2/c1-4-17(26-14-7-5-11(2)12(3)9-14)18(25)24-16-10-13(19(21,22)23)6-8-15(16)20/h5-10,17H,4H2,1-3H3,(H,24,25). The fourth-order valence-electron chi connectivity index (χ4n) is 2.28. The van der Waals surface area contributed by atoms with Crippen molar-refractivity contribution in [1.29, 1.82) is 0 Å². The fourth-order valence-corrected chi connectivity index (χ4v) is 2.45. The molecule has 7 heteroatoms. The molecular weight excluding hydrogens is 367 g/mol. The minimum absolute atomic E-state index is 0.0207. The number of halogens is 4. The average Bonchev–Trinajstić information content (AvgIpc) is 2.56. The third kappa shape index (κ3) is 4.91. The Morgan fingerprint density at radius 2 is 1.85 bits per heavy atom. The highest BCUT2D eigenvalue weighted by atomic mass is 35.5. The smallest absolute Gasteiger partial charge is 0.416 e. The normalized spacial score (nSPS) is 12.6. The maximum absolute atomic E-state index is 12.8. The number of benzene rings is 2. The monoisotopic (exact) mass is 385 g/mol. The molecule has 0 bridgehead atoms. The van der Waals surface area contributed by atoms with Crippen LogP contribution in [0.2, 0.25) is 5.02 Å². The predicted molar refractivity (Wildman–Crippen MR) is 95.7 cm³/mol. The Balaban J connectivity index is 2.17. The van der Waals surface area contributed by atoms with E-state index >= 15 is 0 Å². The molecule has 0 saturated carbocycles. The zero-order valence-electron chi connectivity index (χ0n) is 14.6. The van der Waals surface area contributed by atoms with Crippen LogP contribution in [0, 0.1) is 13.8 Å². The molecule has 0 radical (unpaired) electrons. The van der Waals surface area contributed by atoms with Crippen LogP contribution < -0.4 is 10.1 Å². The number of carbonyl (C=O) groups is 1. The van der Waals surface area contributed by atoms with E-state index in [-0.39, 0.29) is 10.7 Å². The number of alkyl halides is 3. The number of ether oxygens (including phenoxy) is 1. The average molecular weight is 386 g/mol. The lowest BCUT2D eigenvalue weighted by molar-refractivity contribution is -0.137. The van der Waals surface area contributed by atoms with Gasteiger partial charge in [-0.05, 0) is 61.7 Å². The maximum atomic E-state index is 12.8. The number of hydrogen-bond donors (Lipinski definition) is 1. The fraction of sp³-hybridized carbons (Fsp3) is 0.316. The molecule has 0 spiro atoms. The van der Waals surface area contributed by atoms with Crippen LogP contribution in [0.5, 0.6) is 5.75 Å². The number of nitrogens with one attached hydrogen (secondary N) is 1. The van der Waals surface area contributed by atoms with Crippen molar-refractivity contribution in [3.8, 4) is 5.75 Å². The van der Waals surface area contributed by atoms with Gasteiger partial charge in [0.15, 0.2) is 6.10 Å². The van der Waals surface area contributed by atoms with E-state index < -0.39 is 23.8 Å². The van der Waals surface area contributed by atoms with Crippen LogP contribution in [0.1, 0.15) is 30.0 Å². The molecule has 0 aliphatic rings. The van der Waals surface area contributed by atoms with Gasteiger partial charge < -0.3 is 10.1 Å². The van der Waals surface area contributed by atoms with Crippen LogP contribution in [-0.2, 0) is 11.0 Å². The Morgan fingerprint density at radius 3 is 2.42 bits per heavy atom. The van der Waals surface area contributed by atoms with Gasteiger partial charge in [-0.25, -0.2) is 0 Å². The molecule has 0 fully saturated rings. The summed E-state index contributed by atoms with van der Waals surface area (Å²) >= 11 is 5.91. The molecule has 1 atom stereocenters. The zero-order valence-corrected chi connectivity index (χ0v) is 15.3. The van der Waals surface area contributed by atoms with Gasteiger partial charge in [0.1, 0.15) is 5.75 Å². The summed E-state index contributed by atoms with van der Waals surface area (Å²) in [6.45, 7) is 5.63. The molecule has 0 aromatic heterocycles. The highest BCUT2D eigenvalue weighted by molar-refractivity contribution is 6.33. The SMILES string of the molecule is CCC(Oc1ccc(C)c(C)c1)C(=O)Nc1cc(C(F)(F)F)ccc1Cl. The van der Waals surface area contributed by atoms with E-state index in [4.69, 9.17) is 16.3 Å². The first-order valence-electron chi connectivity index (χ1n) is 8.03. The van der Waals surface area contributed by atoms with Gasteiger partial charge in [0.05, 0.1) is 16.3 Å². The van der Waals surface area contributed by atoms with Crippen LogP contribution in [0.15, 0.2) is 36.4 Å². The first-order chi connectivity index (χ1) is 12.1. The number of hydrogen-bond acceptors (Lipinski definition) is 2. The molecule has 0 heterocycles. The van der Waals surface area contributed by atoms with Crippen LogP contribution >= 0.6 is 11.6 Å². The van der Waals surface area contributed by atoms with E-state index in [0.29, 0.717) is 12.2 Å². The van der Waals surface area contributed by atoms with Gasteiger partial charge in [0.25, 0.3) is 5.91 Å². The summed E-state index contributed by atoms with van der Waals surface area (Å²) in [4.78, 5) is 12.4. The lowest BCUT2D eigenvalue weighted by Crippen LogP contribution is -2.32. The summed E-state index contributed by atoms with van der Waals surface area (Å²) in [6.07, 6.45) is -5.04. The summed E-state index contributed by atoms with van der Waals surface area (Å²) < 4.78 is 44.2. The van der Waals surface area contributed by atoms with Gasteiger partial charge in [0, 0.05) is 0 Å². The number of carbonyl (C=O) groups excluding carboxylic acids is 1. The molecule has 1 amide bonds. The first-order valence-corrected chi connectivity index (χ1v) is 8.41. The van der Waals surface area contributed by atoms with Crippen LogP contribution in [0.3, 0.4) is 0 Å². The van der Waals surface area contributed by atoms with Crippen molar-refractivity contribution in [2.45, 2.75) is 39.5 Å². The first kappa shape index (κ1) is 20.1. The third-order valence-corrected chi connectivity index (χ3v) is 4.30. The minimum Gasteiger partial charge on any atom is -0.481 e. The van der Waals surface area contributed by atoms with E-state index in [9.17, 15) is 18.0 Å². The Bertz CT molecular complexity index is 806. The van der Waals surface area contributed by atoms with E-state index in [0.717, 1.165) is 29.3 Å². The van der Waals surface area contributed by atoms with Crippen molar-refractivity contribution < 1.29 is 22.7 Å². The van der Waals surface area contributed by atoms with Crippen LogP contribution in [0.25, 0.3) is 0 Å². The summed E-state index contributed by atoms with van der Waals surface area (Å²) in [5, 5.41) is 2.44. The number of aryl methyl sites for hydroxylation is 2. The zero-order chi connectivity index (χ0) is 19.5. The summed E-state index contributed by atoms with van der Waals surface area (Å²) in [5.74, 6) is -0.0443. The lowest BCUT2D eigenvalue weighted by Gasteiger charge is -2.19. The molecular formula is C19H19ClF3NO2. The molecule has 1 N–H and O–H groups in total. The van der Waals surface area contributed by atoms with Crippen molar-refractivity contribution in [1.82, 2.24) is 0 Å². The third-order valence-electron chi connectivity index (χ3n) is 3.97. The summed E-state index contributed by atoms with van der Waals surface area (Å²) in [6, 6.07) is 8.20. The topological polar surface area (TPSA) is 38.3 Å². The number of amides is 1. The van der Waals surface area contributed by atoms with Gasteiger partial charge in [0.2, 0.25) is 0 Å². The van der Waals surface area contributed by atoms with Crippen molar-refractivity contribution in [3.63, 3.8) is 0 Å². The van der Waals surface area contributed by atoms with Gasteiger partial charge in [-0.15, -0.1) is 0 Å². The van der Waals surface area contributed by atoms with Gasteiger partial charge in [-0.1, -0.05) is 24.6 Å². The molecule has 0 aliphatic heterocycles. The van der Waals surface area contributed by atoms with Crippen molar-refractivity contribution in [2.75, 3.05) is 5.32 Å². The highest BCUT2D eigenvalue weighted by Crippen LogP contribution is 2.34. The Kier molecular flexibility index (Phi) is 6.18. The summed E-state index contributed by atoms with van der Waals surface area (Å²) in [5.41, 5.74) is 1.11. The predicted octanol–water partition coefficient (Wildman–Crippen LogP) is 5.77. The van der Waals surface area contributed by atoms with Gasteiger partial charge in [-0.2, -0.15) is 13.2 Å². The quantitative estimate of drug-likeness (QED) is 0.709. The molecule has 1 unspecified atom stereocenters. The van der Waals surface area contributed by atoms with E-state index in [2.05, 4.69) is 5.32 Å². The van der Waals surface area contributed by atoms with E-state index in [1.807, 2.05) is 26.0 Å². The Labute approximate surface area is 155 Å². The lowest BCUT2D eigenvalue weighted by atomic mass is 10.1. The number of anilines is 1. The molecule has 26 heavy (non-hydrogen) atoms.